The molecule has 13 heavy (non-hydrogen) atoms. The number of benzene rings is 1. The SMILES string of the molecule is COCn1ccc2ccc(Cl)cc21. The van der Waals surface area contributed by atoms with Crippen LogP contribution in [0, 0.1) is 0 Å². The highest BCUT2D eigenvalue weighted by Gasteiger charge is 2.00. The molecule has 0 N–H and O–H groups in total. The predicted molar refractivity (Wildman–Crippen MR) is 54.0 cm³/mol. The third kappa shape index (κ3) is 1.55. The van der Waals surface area contributed by atoms with Gasteiger partial charge >= 0.3 is 0 Å². The summed E-state index contributed by atoms with van der Waals surface area (Å²) in [6.07, 6.45) is 1.99. The molecule has 0 aliphatic heterocycles. The second kappa shape index (κ2) is 3.40. The summed E-state index contributed by atoms with van der Waals surface area (Å²) in [5, 5.41) is 1.94. The highest BCUT2D eigenvalue weighted by Crippen LogP contribution is 2.20. The van der Waals surface area contributed by atoms with Crippen LogP contribution in [0.1, 0.15) is 0 Å². The van der Waals surface area contributed by atoms with Gasteiger partial charge in [-0.15, -0.1) is 0 Å². The number of fused-ring (bicyclic) bond motifs is 1. The van der Waals surface area contributed by atoms with Crippen LogP contribution in [-0.4, -0.2) is 11.7 Å². The second-order valence-electron chi connectivity index (χ2n) is 2.91. The van der Waals surface area contributed by atoms with Crippen LogP contribution in [0.5, 0.6) is 0 Å². The van der Waals surface area contributed by atoms with Crippen LogP contribution in [0.25, 0.3) is 10.9 Å². The van der Waals surface area contributed by atoms with Crippen molar-refractivity contribution in [2.75, 3.05) is 7.11 Å². The monoisotopic (exact) mass is 195 g/mol. The average molecular weight is 196 g/mol. The van der Waals surface area contributed by atoms with Crippen LogP contribution in [0.4, 0.5) is 0 Å². The molecule has 0 saturated carbocycles. The fourth-order valence-electron chi connectivity index (χ4n) is 1.41. The number of aromatic nitrogens is 1. The van der Waals surface area contributed by atoms with Crippen LogP contribution in [-0.2, 0) is 11.5 Å². The lowest BCUT2D eigenvalue weighted by Crippen LogP contribution is -1.96. The molecule has 0 spiro atoms. The van der Waals surface area contributed by atoms with Gasteiger partial charge in [-0.1, -0.05) is 17.7 Å². The molecule has 0 aliphatic rings. The molecular weight excluding hydrogens is 186 g/mol. The van der Waals surface area contributed by atoms with E-state index in [0.29, 0.717) is 6.73 Å². The molecule has 0 amide bonds. The first kappa shape index (κ1) is 8.60. The quantitative estimate of drug-likeness (QED) is 0.719. The number of ether oxygens (including phenoxy) is 1. The summed E-state index contributed by atoms with van der Waals surface area (Å²) in [4.78, 5) is 0. The normalized spacial score (nSPS) is 10.9. The molecule has 2 rings (SSSR count). The lowest BCUT2D eigenvalue weighted by molar-refractivity contribution is 0.135. The van der Waals surface area contributed by atoms with E-state index in [-0.39, 0.29) is 0 Å². The van der Waals surface area contributed by atoms with E-state index in [1.807, 2.05) is 35.0 Å². The first-order chi connectivity index (χ1) is 6.31. The standard InChI is InChI=1S/C10H10ClNO/c1-13-7-12-5-4-8-2-3-9(11)6-10(8)12/h2-6H,7H2,1H3. The van der Waals surface area contributed by atoms with Gasteiger partial charge in [-0.3, -0.25) is 0 Å². The average Bonchev–Trinajstić information content (AvgIpc) is 2.49. The van der Waals surface area contributed by atoms with E-state index in [2.05, 4.69) is 0 Å². The first-order valence-electron chi connectivity index (χ1n) is 4.04. The minimum atomic E-state index is 0.559. The molecular formula is C10H10ClNO. The molecule has 0 atom stereocenters. The molecule has 68 valence electrons. The molecule has 0 saturated heterocycles. The van der Waals surface area contributed by atoms with E-state index < -0.39 is 0 Å². The van der Waals surface area contributed by atoms with E-state index in [4.69, 9.17) is 16.3 Å². The van der Waals surface area contributed by atoms with Gasteiger partial charge in [0.25, 0.3) is 0 Å². The largest absolute Gasteiger partial charge is 0.364 e. The Balaban J connectivity index is 2.58. The zero-order chi connectivity index (χ0) is 9.26. The van der Waals surface area contributed by atoms with Gasteiger partial charge in [-0.2, -0.15) is 0 Å². The summed E-state index contributed by atoms with van der Waals surface area (Å²) < 4.78 is 7.07. The first-order valence-corrected chi connectivity index (χ1v) is 4.42. The van der Waals surface area contributed by atoms with Crippen molar-refractivity contribution in [1.29, 1.82) is 0 Å². The van der Waals surface area contributed by atoms with E-state index >= 15 is 0 Å². The van der Waals surface area contributed by atoms with Crippen LogP contribution >= 0.6 is 11.6 Å². The van der Waals surface area contributed by atoms with Crippen molar-refractivity contribution in [2.24, 2.45) is 0 Å². The van der Waals surface area contributed by atoms with Crippen LogP contribution < -0.4 is 0 Å². The maximum atomic E-state index is 5.89. The predicted octanol–water partition coefficient (Wildman–Crippen LogP) is 2.90. The van der Waals surface area contributed by atoms with Gasteiger partial charge in [0.2, 0.25) is 0 Å². The van der Waals surface area contributed by atoms with Gasteiger partial charge in [0.1, 0.15) is 6.73 Å². The topological polar surface area (TPSA) is 14.2 Å². The van der Waals surface area contributed by atoms with Crippen LogP contribution in [0.2, 0.25) is 5.02 Å². The number of methoxy groups -OCH3 is 1. The van der Waals surface area contributed by atoms with Crippen molar-refractivity contribution in [3.05, 3.63) is 35.5 Å². The number of nitrogens with zero attached hydrogens (tertiary/aromatic N) is 1. The molecule has 2 nitrogen and oxygen atoms in total. The lowest BCUT2D eigenvalue weighted by atomic mass is 10.2. The Bertz CT molecular complexity index is 422. The van der Waals surface area contributed by atoms with Crippen LogP contribution in [0.3, 0.4) is 0 Å². The lowest BCUT2D eigenvalue weighted by Gasteiger charge is -2.02. The van der Waals surface area contributed by atoms with Gasteiger partial charge in [-0.25, -0.2) is 0 Å². The maximum absolute atomic E-state index is 5.89. The smallest absolute Gasteiger partial charge is 0.122 e. The molecule has 0 bridgehead atoms. The van der Waals surface area contributed by atoms with Gasteiger partial charge in [-0.05, 0) is 23.6 Å². The third-order valence-electron chi connectivity index (χ3n) is 2.00. The molecule has 1 heterocycles. The Morgan fingerprint density at radius 3 is 3.00 bits per heavy atom. The molecule has 0 aliphatic carbocycles. The Hall–Kier alpha value is -0.990. The molecule has 2 aromatic rings. The van der Waals surface area contributed by atoms with E-state index in [1.165, 1.54) is 5.39 Å². The van der Waals surface area contributed by atoms with E-state index in [0.717, 1.165) is 10.5 Å². The van der Waals surface area contributed by atoms with Crippen molar-refractivity contribution < 1.29 is 4.74 Å². The zero-order valence-corrected chi connectivity index (χ0v) is 8.08. The van der Waals surface area contributed by atoms with E-state index in [9.17, 15) is 0 Å². The van der Waals surface area contributed by atoms with Crippen molar-refractivity contribution in [2.45, 2.75) is 6.73 Å². The minimum Gasteiger partial charge on any atom is -0.364 e. The van der Waals surface area contributed by atoms with Crippen molar-refractivity contribution in [3.63, 3.8) is 0 Å². The second-order valence-corrected chi connectivity index (χ2v) is 3.34. The van der Waals surface area contributed by atoms with E-state index in [1.54, 1.807) is 7.11 Å². The number of halogens is 1. The number of rotatable bonds is 2. The summed E-state index contributed by atoms with van der Waals surface area (Å²) in [5.74, 6) is 0. The van der Waals surface area contributed by atoms with Crippen LogP contribution in [0.15, 0.2) is 30.5 Å². The highest BCUT2D eigenvalue weighted by molar-refractivity contribution is 6.31. The number of hydrogen-bond acceptors (Lipinski definition) is 1. The summed E-state index contributed by atoms with van der Waals surface area (Å²) in [6, 6.07) is 7.88. The molecule has 0 fully saturated rings. The zero-order valence-electron chi connectivity index (χ0n) is 7.33. The molecule has 1 aromatic carbocycles. The van der Waals surface area contributed by atoms with Crippen molar-refractivity contribution in [1.82, 2.24) is 4.57 Å². The summed E-state index contributed by atoms with van der Waals surface area (Å²) >= 11 is 5.89. The Kier molecular flexibility index (Phi) is 2.25. The maximum Gasteiger partial charge on any atom is 0.122 e. The fourth-order valence-corrected chi connectivity index (χ4v) is 1.58. The highest BCUT2D eigenvalue weighted by atomic mass is 35.5. The summed E-state index contributed by atoms with van der Waals surface area (Å²) in [5.41, 5.74) is 1.11. The Morgan fingerprint density at radius 1 is 1.38 bits per heavy atom. The molecule has 1 aromatic heterocycles. The molecule has 0 radical (unpaired) electrons. The molecule has 0 unspecified atom stereocenters. The Morgan fingerprint density at radius 2 is 2.23 bits per heavy atom. The van der Waals surface area contributed by atoms with Gasteiger partial charge in [0.15, 0.2) is 0 Å². The van der Waals surface area contributed by atoms with Crippen molar-refractivity contribution >= 4 is 22.5 Å². The van der Waals surface area contributed by atoms with Gasteiger partial charge < -0.3 is 9.30 Å². The third-order valence-corrected chi connectivity index (χ3v) is 2.24. The Labute approximate surface area is 81.7 Å². The fraction of sp³-hybridized carbons (Fsp3) is 0.200. The van der Waals surface area contributed by atoms with Gasteiger partial charge in [0.05, 0.1) is 5.52 Å². The summed E-state index contributed by atoms with van der Waals surface area (Å²) in [7, 11) is 1.68. The minimum absolute atomic E-state index is 0.559. The van der Waals surface area contributed by atoms with Crippen molar-refractivity contribution in [3.8, 4) is 0 Å². The van der Waals surface area contributed by atoms with Gasteiger partial charge in [0, 0.05) is 18.3 Å². The molecule has 3 heteroatoms. The number of hydrogen-bond donors (Lipinski definition) is 0. The summed E-state index contributed by atoms with van der Waals surface area (Å²) in [6.45, 7) is 0.559.